The van der Waals surface area contributed by atoms with Crippen molar-refractivity contribution < 1.29 is 28.6 Å². The number of ether oxygens (including phenoxy) is 3. The van der Waals surface area contributed by atoms with E-state index in [-0.39, 0.29) is 31.1 Å². The fraction of sp³-hybridized carbons (Fsp3) is 0.944. The van der Waals surface area contributed by atoms with Crippen molar-refractivity contribution >= 4 is 17.9 Å². The predicted molar refractivity (Wildman–Crippen MR) is 256 cm³/mol. The summed E-state index contributed by atoms with van der Waals surface area (Å²) in [5, 5.41) is 0. The molecule has 0 radical (unpaired) electrons. The minimum Gasteiger partial charge on any atom is -0.462 e. The maximum atomic E-state index is 12.8. The van der Waals surface area contributed by atoms with E-state index >= 15 is 0 Å². The molecule has 0 rings (SSSR count). The zero-order valence-electron chi connectivity index (χ0n) is 41.1. The Hall–Kier alpha value is -1.59. The van der Waals surface area contributed by atoms with Gasteiger partial charge in [0.1, 0.15) is 13.2 Å². The Morgan fingerprint density at radius 3 is 0.950 bits per heavy atom. The van der Waals surface area contributed by atoms with Gasteiger partial charge in [0, 0.05) is 19.3 Å². The van der Waals surface area contributed by atoms with Crippen molar-refractivity contribution in [3.05, 3.63) is 0 Å². The van der Waals surface area contributed by atoms with Gasteiger partial charge in [-0.15, -0.1) is 0 Å². The summed E-state index contributed by atoms with van der Waals surface area (Å²) < 4.78 is 16.8. The van der Waals surface area contributed by atoms with Crippen molar-refractivity contribution in [2.75, 3.05) is 13.2 Å². The highest BCUT2D eigenvalue weighted by atomic mass is 16.6. The highest BCUT2D eigenvalue weighted by Gasteiger charge is 2.19. The molecule has 0 aromatic rings. The molecule has 0 aromatic carbocycles. The zero-order valence-corrected chi connectivity index (χ0v) is 41.1. The first-order valence-electron chi connectivity index (χ1n) is 26.8. The molecule has 6 heteroatoms. The van der Waals surface area contributed by atoms with Crippen molar-refractivity contribution in [3.8, 4) is 0 Å². The molecule has 0 amide bonds. The average Bonchev–Trinajstić information content (AvgIpc) is 3.23. The van der Waals surface area contributed by atoms with Crippen molar-refractivity contribution in [2.24, 2.45) is 11.8 Å². The molecule has 0 aliphatic heterocycles. The third-order valence-electron chi connectivity index (χ3n) is 12.6. The van der Waals surface area contributed by atoms with Crippen LogP contribution in [0.2, 0.25) is 0 Å². The summed E-state index contributed by atoms with van der Waals surface area (Å²) in [6.45, 7) is 11.4. The fourth-order valence-electron chi connectivity index (χ4n) is 8.13. The summed E-state index contributed by atoms with van der Waals surface area (Å²) in [6, 6.07) is 0. The quantitative estimate of drug-likeness (QED) is 0.0345. The van der Waals surface area contributed by atoms with Crippen LogP contribution in [0.15, 0.2) is 0 Å². The Morgan fingerprint density at radius 1 is 0.350 bits per heavy atom. The highest BCUT2D eigenvalue weighted by molar-refractivity contribution is 5.71. The summed E-state index contributed by atoms with van der Waals surface area (Å²) in [7, 11) is 0. The molecule has 356 valence electrons. The van der Waals surface area contributed by atoms with Gasteiger partial charge in [0.2, 0.25) is 0 Å². The Labute approximate surface area is 374 Å². The van der Waals surface area contributed by atoms with Crippen LogP contribution in [0.5, 0.6) is 0 Å². The monoisotopic (exact) mass is 849 g/mol. The Balaban J connectivity index is 4.25. The molecule has 0 aliphatic rings. The Kier molecular flexibility index (Phi) is 45.7. The van der Waals surface area contributed by atoms with Gasteiger partial charge in [-0.05, 0) is 31.1 Å². The van der Waals surface area contributed by atoms with Gasteiger partial charge in [-0.2, -0.15) is 0 Å². The van der Waals surface area contributed by atoms with Gasteiger partial charge in [-0.25, -0.2) is 0 Å². The molecule has 0 saturated heterocycles. The average molecular weight is 849 g/mol. The van der Waals surface area contributed by atoms with E-state index in [1.807, 2.05) is 0 Å². The van der Waals surface area contributed by atoms with E-state index < -0.39 is 6.10 Å². The summed E-state index contributed by atoms with van der Waals surface area (Å²) in [6.07, 6.45) is 48.0. The Bertz CT molecular complexity index is 918. The van der Waals surface area contributed by atoms with Gasteiger partial charge in [0.15, 0.2) is 6.10 Å². The largest absolute Gasteiger partial charge is 0.462 e. The van der Waals surface area contributed by atoms with E-state index in [0.29, 0.717) is 19.3 Å². The van der Waals surface area contributed by atoms with Gasteiger partial charge >= 0.3 is 17.9 Å². The van der Waals surface area contributed by atoms with Gasteiger partial charge in [0.25, 0.3) is 0 Å². The summed E-state index contributed by atoms with van der Waals surface area (Å²) in [5.41, 5.74) is 0. The van der Waals surface area contributed by atoms with Crippen LogP contribution in [0.25, 0.3) is 0 Å². The predicted octanol–water partition coefficient (Wildman–Crippen LogP) is 17.3. The first-order valence-corrected chi connectivity index (χ1v) is 26.8. The van der Waals surface area contributed by atoms with Crippen LogP contribution in [-0.4, -0.2) is 37.2 Å². The molecule has 1 unspecified atom stereocenters. The standard InChI is InChI=1S/C54H104O6/c1-6-8-9-10-11-12-19-23-29-34-39-44-52(55)58-47-51(60-54(57)46-41-36-31-26-25-28-33-38-43-50(5)7-2)48-59-53(56)45-40-35-30-24-21-18-16-14-13-15-17-20-22-27-32-37-42-49(3)4/h49-51H,6-48H2,1-5H3/t50?,51-/m1/s1. The maximum Gasteiger partial charge on any atom is 0.306 e. The number of hydrogen-bond acceptors (Lipinski definition) is 6. The van der Waals surface area contributed by atoms with E-state index in [0.717, 1.165) is 69.6 Å². The van der Waals surface area contributed by atoms with E-state index in [9.17, 15) is 14.4 Å². The zero-order chi connectivity index (χ0) is 44.0. The molecule has 0 aromatic heterocycles. The van der Waals surface area contributed by atoms with Crippen LogP contribution in [-0.2, 0) is 28.6 Å². The minimum atomic E-state index is -0.762. The molecular formula is C54H104O6. The van der Waals surface area contributed by atoms with Gasteiger partial charge in [0.05, 0.1) is 0 Å². The number of hydrogen-bond donors (Lipinski definition) is 0. The molecule has 0 saturated carbocycles. The molecule has 0 spiro atoms. The van der Waals surface area contributed by atoms with Gasteiger partial charge in [-0.3, -0.25) is 14.4 Å². The summed E-state index contributed by atoms with van der Waals surface area (Å²) in [5.74, 6) is 0.850. The van der Waals surface area contributed by atoms with Crippen molar-refractivity contribution in [1.29, 1.82) is 0 Å². The lowest BCUT2D eigenvalue weighted by atomic mass is 9.99. The van der Waals surface area contributed by atoms with Crippen molar-refractivity contribution in [3.63, 3.8) is 0 Å². The van der Waals surface area contributed by atoms with Crippen LogP contribution < -0.4 is 0 Å². The van der Waals surface area contributed by atoms with Gasteiger partial charge in [-0.1, -0.05) is 259 Å². The molecule has 0 N–H and O–H groups in total. The lowest BCUT2D eigenvalue weighted by Gasteiger charge is -2.18. The van der Waals surface area contributed by atoms with E-state index in [1.165, 1.54) is 186 Å². The van der Waals surface area contributed by atoms with Crippen molar-refractivity contribution in [1.82, 2.24) is 0 Å². The molecule has 0 aliphatic carbocycles. The van der Waals surface area contributed by atoms with E-state index in [4.69, 9.17) is 14.2 Å². The third-order valence-corrected chi connectivity index (χ3v) is 12.6. The smallest absolute Gasteiger partial charge is 0.306 e. The van der Waals surface area contributed by atoms with Crippen LogP contribution in [0.4, 0.5) is 0 Å². The molecule has 0 fully saturated rings. The highest BCUT2D eigenvalue weighted by Crippen LogP contribution is 2.18. The topological polar surface area (TPSA) is 78.9 Å². The SMILES string of the molecule is CCCCCCCCCCCCCC(=O)OC[C@H](COC(=O)CCCCCCCCCCCCCCCCCCC(C)C)OC(=O)CCCCCCCCCCC(C)CC. The third kappa shape index (κ3) is 45.9. The second kappa shape index (κ2) is 46.9. The minimum absolute atomic E-state index is 0.0637. The number of unbranched alkanes of at least 4 members (excludes halogenated alkanes) is 32. The van der Waals surface area contributed by atoms with Crippen molar-refractivity contribution in [2.45, 2.75) is 304 Å². The maximum absolute atomic E-state index is 12.8. The van der Waals surface area contributed by atoms with Crippen LogP contribution in [0, 0.1) is 11.8 Å². The molecule has 0 heterocycles. The fourth-order valence-corrected chi connectivity index (χ4v) is 8.13. The second-order valence-corrected chi connectivity index (χ2v) is 19.2. The molecule has 2 atom stereocenters. The summed E-state index contributed by atoms with van der Waals surface area (Å²) >= 11 is 0. The van der Waals surface area contributed by atoms with Gasteiger partial charge < -0.3 is 14.2 Å². The van der Waals surface area contributed by atoms with E-state index in [1.54, 1.807) is 0 Å². The molecule has 6 nitrogen and oxygen atoms in total. The number of esters is 3. The normalized spacial score (nSPS) is 12.5. The first kappa shape index (κ1) is 58.4. The number of carbonyl (C=O) groups is 3. The van der Waals surface area contributed by atoms with Crippen LogP contribution in [0.1, 0.15) is 298 Å². The molecule has 0 bridgehead atoms. The van der Waals surface area contributed by atoms with E-state index in [2.05, 4.69) is 34.6 Å². The summed E-state index contributed by atoms with van der Waals surface area (Å²) in [4.78, 5) is 37.9. The number of rotatable bonds is 48. The second-order valence-electron chi connectivity index (χ2n) is 19.2. The lowest BCUT2D eigenvalue weighted by molar-refractivity contribution is -0.167. The van der Waals surface area contributed by atoms with Crippen LogP contribution in [0.3, 0.4) is 0 Å². The molecule has 60 heavy (non-hydrogen) atoms. The number of carbonyl (C=O) groups excluding carboxylic acids is 3. The Morgan fingerprint density at radius 2 is 0.633 bits per heavy atom. The van der Waals surface area contributed by atoms with Crippen LogP contribution >= 0.6 is 0 Å². The lowest BCUT2D eigenvalue weighted by Crippen LogP contribution is -2.30. The first-order chi connectivity index (χ1) is 29.3. The molecular weight excluding hydrogens is 745 g/mol.